The van der Waals surface area contributed by atoms with Crippen LogP contribution in [-0.4, -0.2) is 46.9 Å². The van der Waals surface area contributed by atoms with Crippen molar-refractivity contribution in [2.24, 2.45) is 0 Å². The van der Waals surface area contributed by atoms with Gasteiger partial charge in [0.25, 0.3) is 0 Å². The number of hydrogen-bond acceptors (Lipinski definition) is 5. The normalized spacial score (nSPS) is 13.7. The van der Waals surface area contributed by atoms with Crippen LogP contribution in [-0.2, 0) is 14.3 Å². The van der Waals surface area contributed by atoms with E-state index in [0.717, 1.165) is 83.5 Å². The molecule has 3 N–H and O–H groups in total. The fourth-order valence-corrected chi connectivity index (χ4v) is 7.85. The van der Waals surface area contributed by atoms with E-state index < -0.39 is 18.2 Å². The van der Waals surface area contributed by atoms with Gasteiger partial charge in [-0.1, -0.05) is 229 Å². The van der Waals surface area contributed by atoms with Gasteiger partial charge in [0.05, 0.1) is 25.2 Å². The van der Waals surface area contributed by atoms with Crippen LogP contribution >= 0.6 is 0 Å². The van der Waals surface area contributed by atoms with Crippen LogP contribution in [0.3, 0.4) is 0 Å². The van der Waals surface area contributed by atoms with Gasteiger partial charge in [0, 0.05) is 6.42 Å². The van der Waals surface area contributed by atoms with E-state index in [4.69, 9.17) is 4.74 Å². The van der Waals surface area contributed by atoms with Crippen LogP contribution in [0, 0.1) is 0 Å². The molecule has 6 nitrogen and oxygen atoms in total. The van der Waals surface area contributed by atoms with Gasteiger partial charge in [-0.2, -0.15) is 0 Å². The second kappa shape index (κ2) is 49.6. The van der Waals surface area contributed by atoms with Crippen molar-refractivity contribution in [2.45, 2.75) is 277 Å². The van der Waals surface area contributed by atoms with Gasteiger partial charge in [-0.15, -0.1) is 0 Å². The average Bonchev–Trinajstić information content (AvgIpc) is 3.26. The Hall–Kier alpha value is -2.44. The van der Waals surface area contributed by atoms with Crippen LogP contribution in [0.2, 0.25) is 0 Å². The molecule has 0 aliphatic heterocycles. The van der Waals surface area contributed by atoms with E-state index in [1.54, 1.807) is 0 Å². The summed E-state index contributed by atoms with van der Waals surface area (Å²) >= 11 is 0. The molecular formula is C56H101NO5. The van der Waals surface area contributed by atoms with Crippen molar-refractivity contribution in [1.29, 1.82) is 0 Å². The van der Waals surface area contributed by atoms with Gasteiger partial charge < -0.3 is 20.3 Å². The lowest BCUT2D eigenvalue weighted by Crippen LogP contribution is -2.46. The molecule has 0 aromatic rings. The summed E-state index contributed by atoms with van der Waals surface area (Å²) in [5.74, 6) is -0.574. The molecule has 0 aromatic carbocycles. The largest absolute Gasteiger partial charge is 0.462 e. The molecule has 0 heterocycles. The van der Waals surface area contributed by atoms with Crippen LogP contribution in [0.15, 0.2) is 60.8 Å². The maximum absolute atomic E-state index is 13.2. The molecule has 1 amide bonds. The molecule has 0 rings (SSSR count). The Bertz CT molecular complexity index is 1110. The third-order valence-corrected chi connectivity index (χ3v) is 11.8. The minimum atomic E-state index is -0.804. The van der Waals surface area contributed by atoms with Gasteiger partial charge in [-0.25, -0.2) is 0 Å². The quantitative estimate of drug-likeness (QED) is 0.0322. The molecule has 0 aromatic heterocycles. The van der Waals surface area contributed by atoms with Gasteiger partial charge in [-0.05, 0) is 77.0 Å². The van der Waals surface area contributed by atoms with E-state index in [1.807, 2.05) is 6.08 Å². The summed E-state index contributed by atoms with van der Waals surface area (Å²) in [6.07, 6.45) is 61.5. The minimum Gasteiger partial charge on any atom is -0.462 e. The Kier molecular flexibility index (Phi) is 47.6. The molecule has 3 atom stereocenters. The molecule has 0 radical (unpaired) electrons. The zero-order valence-electron chi connectivity index (χ0n) is 41.0. The lowest BCUT2D eigenvalue weighted by atomic mass is 10.0. The summed E-state index contributed by atoms with van der Waals surface area (Å²) in [7, 11) is 0. The molecule has 0 bridgehead atoms. The molecule has 0 saturated carbocycles. The first kappa shape index (κ1) is 59.6. The van der Waals surface area contributed by atoms with E-state index in [0.29, 0.717) is 19.3 Å². The topological polar surface area (TPSA) is 95.9 Å². The van der Waals surface area contributed by atoms with Crippen LogP contribution < -0.4 is 5.32 Å². The predicted octanol–water partition coefficient (Wildman–Crippen LogP) is 16.0. The predicted molar refractivity (Wildman–Crippen MR) is 268 cm³/mol. The van der Waals surface area contributed by atoms with Crippen LogP contribution in [0.1, 0.15) is 258 Å². The van der Waals surface area contributed by atoms with Crippen molar-refractivity contribution in [3.8, 4) is 0 Å². The van der Waals surface area contributed by atoms with E-state index in [9.17, 15) is 19.8 Å². The minimum absolute atomic E-state index is 0.0394. The van der Waals surface area contributed by atoms with E-state index >= 15 is 0 Å². The summed E-state index contributed by atoms with van der Waals surface area (Å²) in [5, 5.41) is 23.8. The maximum Gasteiger partial charge on any atom is 0.306 e. The van der Waals surface area contributed by atoms with Gasteiger partial charge in [-0.3, -0.25) is 9.59 Å². The molecule has 0 fully saturated rings. The summed E-state index contributed by atoms with van der Waals surface area (Å²) in [5.41, 5.74) is 0. The number of allylic oxidation sites excluding steroid dienone is 10. The highest BCUT2D eigenvalue weighted by molar-refractivity contribution is 5.77. The first-order valence-electron chi connectivity index (χ1n) is 26.5. The van der Waals surface area contributed by atoms with Crippen molar-refractivity contribution in [3.05, 3.63) is 60.8 Å². The lowest BCUT2D eigenvalue weighted by molar-refractivity contribution is -0.150. The summed E-state index contributed by atoms with van der Waals surface area (Å²) < 4.78 is 5.89. The standard InChI is InChI=1S/C56H101NO5/c1-4-7-10-13-16-19-22-25-27-28-31-33-36-39-42-45-48-54(59)53(51-58)57-55(60)50-52(47-44-41-38-35-32-30-26-23-20-17-14-11-8-5-2)62-56(61)49-46-43-40-37-34-29-24-21-18-15-12-9-6-3/h8,11,17,20,26,29-30,34,40,43,52-54,58-59H,4-7,9-10,12-16,18-19,21-25,27-28,31-33,35-39,41-42,44-51H2,1-3H3,(H,57,60)/b11-8+,20-17+,30-26+,34-29-,43-40+. The Morgan fingerprint density at radius 2 is 0.871 bits per heavy atom. The van der Waals surface area contributed by atoms with Crippen molar-refractivity contribution >= 4 is 11.9 Å². The van der Waals surface area contributed by atoms with Crippen LogP contribution in [0.5, 0.6) is 0 Å². The highest BCUT2D eigenvalue weighted by Crippen LogP contribution is 2.17. The number of unbranched alkanes of at least 4 members (excludes halogenated alkanes) is 25. The summed E-state index contributed by atoms with van der Waals surface area (Å²) in [4.78, 5) is 26.1. The Morgan fingerprint density at radius 1 is 0.484 bits per heavy atom. The Morgan fingerprint density at radius 3 is 1.32 bits per heavy atom. The zero-order chi connectivity index (χ0) is 45.2. The molecule has 0 aliphatic carbocycles. The molecule has 0 spiro atoms. The van der Waals surface area contributed by atoms with Crippen molar-refractivity contribution in [3.63, 3.8) is 0 Å². The number of aliphatic hydroxyl groups excluding tert-OH is 2. The van der Waals surface area contributed by atoms with Gasteiger partial charge in [0.1, 0.15) is 6.10 Å². The van der Waals surface area contributed by atoms with Gasteiger partial charge >= 0.3 is 5.97 Å². The average molecular weight is 868 g/mol. The number of esters is 1. The number of carbonyl (C=O) groups is 2. The van der Waals surface area contributed by atoms with Crippen LogP contribution in [0.4, 0.5) is 0 Å². The number of amides is 1. The number of nitrogens with one attached hydrogen (secondary N) is 1. The van der Waals surface area contributed by atoms with E-state index in [2.05, 4.69) is 80.8 Å². The fraction of sp³-hybridized carbons (Fsp3) is 0.786. The zero-order valence-corrected chi connectivity index (χ0v) is 41.0. The third-order valence-electron chi connectivity index (χ3n) is 11.8. The van der Waals surface area contributed by atoms with Crippen LogP contribution in [0.25, 0.3) is 0 Å². The molecule has 62 heavy (non-hydrogen) atoms. The molecule has 0 aliphatic rings. The third kappa shape index (κ3) is 44.2. The maximum atomic E-state index is 13.2. The second-order valence-electron chi connectivity index (χ2n) is 17.9. The monoisotopic (exact) mass is 868 g/mol. The SMILES string of the molecule is CC/C=C/C/C=C/C/C=C/CCCCCCC(CC(=O)NC(CO)C(O)CCCCCCCCCCCCCCCCCC)OC(=O)CC/C=C/C/C=C\CCCCCCCC. The number of hydrogen-bond donors (Lipinski definition) is 3. The number of carbonyl (C=O) groups excluding carboxylic acids is 2. The van der Waals surface area contributed by atoms with E-state index in [-0.39, 0.29) is 31.3 Å². The highest BCUT2D eigenvalue weighted by atomic mass is 16.5. The molecule has 0 saturated heterocycles. The molecule has 6 heteroatoms. The number of aliphatic hydroxyl groups is 2. The van der Waals surface area contributed by atoms with Gasteiger partial charge in [0.2, 0.25) is 5.91 Å². The molecule has 3 unspecified atom stereocenters. The fourth-order valence-electron chi connectivity index (χ4n) is 7.85. The summed E-state index contributed by atoms with van der Waals surface area (Å²) in [6.45, 7) is 6.35. The number of ether oxygens (including phenoxy) is 1. The highest BCUT2D eigenvalue weighted by Gasteiger charge is 2.24. The second-order valence-corrected chi connectivity index (χ2v) is 17.9. The first-order chi connectivity index (χ1) is 30.5. The first-order valence-corrected chi connectivity index (χ1v) is 26.5. The van der Waals surface area contributed by atoms with E-state index in [1.165, 1.54) is 122 Å². The van der Waals surface area contributed by atoms with Crippen molar-refractivity contribution in [2.75, 3.05) is 6.61 Å². The lowest BCUT2D eigenvalue weighted by Gasteiger charge is -2.24. The molecular weight excluding hydrogens is 767 g/mol. The van der Waals surface area contributed by atoms with Gasteiger partial charge in [0.15, 0.2) is 0 Å². The smallest absolute Gasteiger partial charge is 0.306 e. The Balaban J connectivity index is 4.63. The Labute approximate surface area is 384 Å². The van der Waals surface area contributed by atoms with Crippen molar-refractivity contribution < 1.29 is 24.5 Å². The summed E-state index contributed by atoms with van der Waals surface area (Å²) in [6, 6.07) is -0.721. The van der Waals surface area contributed by atoms with Crippen molar-refractivity contribution in [1.82, 2.24) is 5.32 Å². The molecule has 360 valence electrons. The number of rotatable bonds is 47.